The molecule has 1 saturated carbocycles. The number of benzene rings is 1. The summed E-state index contributed by atoms with van der Waals surface area (Å²) in [5.74, 6) is 0.924. The Balaban J connectivity index is 1.91. The van der Waals surface area contributed by atoms with Gasteiger partial charge in [-0.3, -0.25) is 0 Å². The van der Waals surface area contributed by atoms with Gasteiger partial charge in [0.25, 0.3) is 0 Å². The summed E-state index contributed by atoms with van der Waals surface area (Å²) < 4.78 is 0. The van der Waals surface area contributed by atoms with Crippen molar-refractivity contribution in [2.24, 2.45) is 5.92 Å². The number of nitrogens with zero attached hydrogens (tertiary/aromatic N) is 1. The number of anilines is 2. The molecule has 0 bridgehead atoms. The van der Waals surface area contributed by atoms with E-state index in [2.05, 4.69) is 24.0 Å². The molecule has 2 unspecified atom stereocenters. The Kier molecular flexibility index (Phi) is 3.19. The minimum absolute atomic E-state index is 0.771. The Morgan fingerprint density at radius 1 is 1.11 bits per heavy atom. The van der Waals surface area contributed by atoms with Crippen LogP contribution in [0.25, 0.3) is 0 Å². The molecule has 98 valence electrons. The summed E-state index contributed by atoms with van der Waals surface area (Å²) in [7, 11) is 0. The molecule has 1 saturated heterocycles. The largest absolute Gasteiger partial charge is 0.399 e. The Morgan fingerprint density at radius 2 is 1.89 bits per heavy atom. The van der Waals surface area contributed by atoms with Gasteiger partial charge in [-0.25, -0.2) is 0 Å². The maximum absolute atomic E-state index is 5.98. The van der Waals surface area contributed by atoms with E-state index in [9.17, 15) is 0 Å². The molecular weight excluding hydrogens is 220 g/mol. The molecule has 18 heavy (non-hydrogen) atoms. The first-order valence-corrected chi connectivity index (χ1v) is 7.38. The summed E-state index contributed by atoms with van der Waals surface area (Å²) in [6, 6.07) is 7.12. The zero-order valence-electron chi connectivity index (χ0n) is 11.4. The van der Waals surface area contributed by atoms with Gasteiger partial charge in [0.05, 0.1) is 0 Å². The van der Waals surface area contributed by atoms with E-state index in [0.29, 0.717) is 0 Å². The molecule has 1 heterocycles. The van der Waals surface area contributed by atoms with Crippen LogP contribution in [0.15, 0.2) is 18.2 Å². The second kappa shape index (κ2) is 4.83. The van der Waals surface area contributed by atoms with Crippen LogP contribution in [-0.2, 0) is 0 Å². The highest BCUT2D eigenvalue weighted by molar-refractivity contribution is 5.61. The van der Waals surface area contributed by atoms with Crippen LogP contribution in [-0.4, -0.2) is 12.6 Å². The molecular formula is C16H24N2. The molecule has 2 nitrogen and oxygen atoms in total. The van der Waals surface area contributed by atoms with Gasteiger partial charge in [-0.05, 0) is 56.2 Å². The lowest BCUT2D eigenvalue weighted by Crippen LogP contribution is -2.47. The van der Waals surface area contributed by atoms with Gasteiger partial charge in [0.1, 0.15) is 0 Å². The molecule has 0 radical (unpaired) electrons. The van der Waals surface area contributed by atoms with E-state index in [-0.39, 0.29) is 0 Å². The van der Waals surface area contributed by atoms with Crippen LogP contribution in [0.2, 0.25) is 0 Å². The second-order valence-corrected chi connectivity index (χ2v) is 5.99. The van der Waals surface area contributed by atoms with Gasteiger partial charge < -0.3 is 10.6 Å². The van der Waals surface area contributed by atoms with Crippen LogP contribution in [0.3, 0.4) is 0 Å². The first-order chi connectivity index (χ1) is 8.75. The topological polar surface area (TPSA) is 29.3 Å². The summed E-state index contributed by atoms with van der Waals surface area (Å²) in [5, 5.41) is 0. The Labute approximate surface area is 110 Å². The van der Waals surface area contributed by atoms with Gasteiger partial charge in [0.2, 0.25) is 0 Å². The van der Waals surface area contributed by atoms with Crippen molar-refractivity contribution in [3.63, 3.8) is 0 Å². The SMILES string of the molecule is Cc1ccc(N)cc1N1CCCC2CCCCC21. The smallest absolute Gasteiger partial charge is 0.0419 e. The van der Waals surface area contributed by atoms with Crippen molar-refractivity contribution in [3.8, 4) is 0 Å². The standard InChI is InChI=1S/C16H24N2/c1-12-8-9-14(17)11-16(12)18-10-4-6-13-5-2-3-7-15(13)18/h8-9,11,13,15H,2-7,10,17H2,1H3. The van der Waals surface area contributed by atoms with Crippen LogP contribution >= 0.6 is 0 Å². The first-order valence-electron chi connectivity index (χ1n) is 7.38. The maximum Gasteiger partial charge on any atom is 0.0419 e. The fraction of sp³-hybridized carbons (Fsp3) is 0.625. The van der Waals surface area contributed by atoms with E-state index in [1.807, 2.05) is 6.07 Å². The number of rotatable bonds is 1. The molecule has 2 N–H and O–H groups in total. The molecule has 1 aromatic rings. The second-order valence-electron chi connectivity index (χ2n) is 5.99. The van der Waals surface area contributed by atoms with Gasteiger partial charge >= 0.3 is 0 Å². The van der Waals surface area contributed by atoms with Gasteiger partial charge in [0.15, 0.2) is 0 Å². The highest BCUT2D eigenvalue weighted by Crippen LogP contribution is 2.39. The fourth-order valence-electron chi connectivity index (χ4n) is 3.86. The van der Waals surface area contributed by atoms with Crippen LogP contribution in [0, 0.1) is 12.8 Å². The third kappa shape index (κ3) is 2.09. The summed E-state index contributed by atoms with van der Waals surface area (Å²) in [6.07, 6.45) is 8.42. The normalized spacial score (nSPS) is 27.9. The van der Waals surface area contributed by atoms with E-state index < -0.39 is 0 Å². The third-order valence-corrected chi connectivity index (χ3v) is 4.79. The highest BCUT2D eigenvalue weighted by Gasteiger charge is 2.33. The molecule has 1 aromatic carbocycles. The lowest BCUT2D eigenvalue weighted by molar-refractivity contribution is 0.243. The van der Waals surface area contributed by atoms with Crippen molar-refractivity contribution in [1.82, 2.24) is 0 Å². The monoisotopic (exact) mass is 244 g/mol. The van der Waals surface area contributed by atoms with Crippen LogP contribution in [0.5, 0.6) is 0 Å². The molecule has 0 spiro atoms. The first kappa shape index (κ1) is 11.9. The number of fused-ring (bicyclic) bond motifs is 1. The Bertz CT molecular complexity index is 425. The van der Waals surface area contributed by atoms with E-state index in [4.69, 9.17) is 5.73 Å². The number of aryl methyl sites for hydroxylation is 1. The van der Waals surface area contributed by atoms with E-state index in [0.717, 1.165) is 17.6 Å². The summed E-state index contributed by atoms with van der Waals surface area (Å²) >= 11 is 0. The predicted octanol–water partition coefficient (Wildman–Crippen LogP) is 3.74. The summed E-state index contributed by atoms with van der Waals surface area (Å²) in [4.78, 5) is 2.65. The predicted molar refractivity (Wildman–Crippen MR) is 77.9 cm³/mol. The average Bonchev–Trinajstić information content (AvgIpc) is 2.41. The van der Waals surface area contributed by atoms with Crippen LogP contribution < -0.4 is 10.6 Å². The number of piperidine rings is 1. The lowest BCUT2D eigenvalue weighted by Gasteiger charge is -2.46. The van der Waals surface area contributed by atoms with Crippen molar-refractivity contribution in [2.75, 3.05) is 17.2 Å². The molecule has 2 atom stereocenters. The van der Waals surface area contributed by atoms with Gasteiger partial charge in [-0.1, -0.05) is 18.9 Å². The number of nitrogens with two attached hydrogens (primary N) is 1. The minimum Gasteiger partial charge on any atom is -0.399 e. The molecule has 3 rings (SSSR count). The fourth-order valence-corrected chi connectivity index (χ4v) is 3.86. The van der Waals surface area contributed by atoms with Gasteiger partial charge in [-0.2, -0.15) is 0 Å². The maximum atomic E-state index is 5.98. The van der Waals surface area contributed by atoms with Crippen molar-refractivity contribution in [2.45, 2.75) is 51.5 Å². The van der Waals surface area contributed by atoms with Crippen molar-refractivity contribution in [3.05, 3.63) is 23.8 Å². The van der Waals surface area contributed by atoms with Crippen LogP contribution in [0.1, 0.15) is 44.1 Å². The Morgan fingerprint density at radius 3 is 2.78 bits per heavy atom. The van der Waals surface area contributed by atoms with Crippen LogP contribution in [0.4, 0.5) is 11.4 Å². The van der Waals surface area contributed by atoms with E-state index in [1.54, 1.807) is 0 Å². The average molecular weight is 244 g/mol. The minimum atomic E-state index is 0.771. The van der Waals surface area contributed by atoms with Crippen molar-refractivity contribution < 1.29 is 0 Å². The molecule has 1 aliphatic heterocycles. The number of hydrogen-bond donors (Lipinski definition) is 1. The van der Waals surface area contributed by atoms with Crippen molar-refractivity contribution >= 4 is 11.4 Å². The lowest BCUT2D eigenvalue weighted by atomic mass is 9.78. The summed E-state index contributed by atoms with van der Waals surface area (Å²) in [6.45, 7) is 3.42. The molecule has 0 aromatic heterocycles. The number of hydrogen-bond acceptors (Lipinski definition) is 2. The van der Waals surface area contributed by atoms with E-state index >= 15 is 0 Å². The zero-order valence-corrected chi connectivity index (χ0v) is 11.4. The third-order valence-electron chi connectivity index (χ3n) is 4.79. The van der Waals surface area contributed by atoms with Gasteiger partial charge in [0, 0.05) is 24.0 Å². The Hall–Kier alpha value is -1.18. The molecule has 0 amide bonds. The summed E-state index contributed by atoms with van der Waals surface area (Å²) in [5.41, 5.74) is 9.62. The molecule has 2 fully saturated rings. The van der Waals surface area contributed by atoms with Crippen molar-refractivity contribution in [1.29, 1.82) is 0 Å². The molecule has 1 aliphatic carbocycles. The number of nitrogen functional groups attached to an aromatic ring is 1. The quantitative estimate of drug-likeness (QED) is 0.763. The molecule has 2 aliphatic rings. The van der Waals surface area contributed by atoms with E-state index in [1.165, 1.54) is 56.3 Å². The molecule has 2 heteroatoms. The highest BCUT2D eigenvalue weighted by atomic mass is 15.2. The van der Waals surface area contributed by atoms with Gasteiger partial charge in [-0.15, -0.1) is 0 Å². The zero-order chi connectivity index (χ0) is 12.5.